The van der Waals surface area contributed by atoms with E-state index in [1.54, 1.807) is 11.3 Å². The van der Waals surface area contributed by atoms with Crippen molar-refractivity contribution in [3.63, 3.8) is 0 Å². The molecule has 2 aromatic rings. The third kappa shape index (κ3) is 3.46. The topological polar surface area (TPSA) is 49.8 Å². The maximum Gasteiger partial charge on any atom is 0.226 e. The quantitative estimate of drug-likeness (QED) is 0.861. The summed E-state index contributed by atoms with van der Waals surface area (Å²) in [7, 11) is 0. The summed E-state index contributed by atoms with van der Waals surface area (Å²) in [5, 5.41) is 10.0. The molecule has 0 saturated heterocycles. The normalized spacial score (nSPS) is 22.4. The molecule has 1 aliphatic rings. The molecular weight excluding hydrogens is 280 g/mol. The fraction of sp³-hybridized carbons (Fsp3) is 0.625. The molecule has 114 valence electrons. The maximum atomic E-state index is 4.64. The number of nitrogens with zero attached hydrogens (tertiary/aromatic N) is 2. The van der Waals surface area contributed by atoms with Gasteiger partial charge in [0.1, 0.15) is 10.6 Å². The van der Waals surface area contributed by atoms with Crippen molar-refractivity contribution in [1.82, 2.24) is 9.97 Å². The number of hydrogen-bond acceptors (Lipinski definition) is 5. The van der Waals surface area contributed by atoms with Crippen LogP contribution < -0.4 is 10.6 Å². The minimum atomic E-state index is 0.729. The molecule has 0 radical (unpaired) electrons. The number of thiophene rings is 1. The third-order valence-electron chi connectivity index (χ3n) is 4.35. The van der Waals surface area contributed by atoms with Gasteiger partial charge in [0.05, 0.1) is 5.39 Å². The maximum absolute atomic E-state index is 4.64. The molecule has 0 aromatic carbocycles. The molecule has 0 spiro atoms. The van der Waals surface area contributed by atoms with E-state index in [0.29, 0.717) is 0 Å². The van der Waals surface area contributed by atoms with Crippen LogP contribution in [0.5, 0.6) is 0 Å². The molecule has 2 N–H and O–H groups in total. The highest BCUT2D eigenvalue weighted by Crippen LogP contribution is 2.30. The SMILES string of the molecule is CCNc1nc(NCC2CCC(C)CC2)c2ccsc2n1. The molecule has 0 amide bonds. The lowest BCUT2D eigenvalue weighted by Gasteiger charge is -2.26. The van der Waals surface area contributed by atoms with Crippen molar-refractivity contribution in [2.24, 2.45) is 11.8 Å². The van der Waals surface area contributed by atoms with E-state index >= 15 is 0 Å². The monoisotopic (exact) mass is 304 g/mol. The zero-order valence-electron chi connectivity index (χ0n) is 12.9. The Labute approximate surface area is 130 Å². The zero-order chi connectivity index (χ0) is 14.7. The van der Waals surface area contributed by atoms with E-state index in [-0.39, 0.29) is 0 Å². The molecule has 21 heavy (non-hydrogen) atoms. The van der Waals surface area contributed by atoms with E-state index in [2.05, 4.69) is 45.9 Å². The van der Waals surface area contributed by atoms with Crippen LogP contribution in [0.25, 0.3) is 10.2 Å². The largest absolute Gasteiger partial charge is 0.369 e. The van der Waals surface area contributed by atoms with Crippen LogP contribution in [0.3, 0.4) is 0 Å². The molecule has 0 aliphatic heterocycles. The average Bonchev–Trinajstić information content (AvgIpc) is 2.95. The number of anilines is 2. The fourth-order valence-electron chi connectivity index (χ4n) is 3.00. The molecule has 1 saturated carbocycles. The molecule has 5 heteroatoms. The molecular formula is C16H24N4S. The number of rotatable bonds is 5. The second kappa shape index (κ2) is 6.60. The number of fused-ring (bicyclic) bond motifs is 1. The second-order valence-electron chi connectivity index (χ2n) is 6.07. The van der Waals surface area contributed by atoms with Crippen molar-refractivity contribution in [3.8, 4) is 0 Å². The van der Waals surface area contributed by atoms with Crippen molar-refractivity contribution >= 4 is 33.3 Å². The summed E-state index contributed by atoms with van der Waals surface area (Å²) in [6, 6.07) is 2.11. The Hall–Kier alpha value is -1.36. The third-order valence-corrected chi connectivity index (χ3v) is 5.16. The van der Waals surface area contributed by atoms with Gasteiger partial charge in [0, 0.05) is 13.1 Å². The molecule has 1 fully saturated rings. The highest BCUT2D eigenvalue weighted by atomic mass is 32.1. The minimum Gasteiger partial charge on any atom is -0.369 e. The zero-order valence-corrected chi connectivity index (χ0v) is 13.7. The van der Waals surface area contributed by atoms with Gasteiger partial charge in [-0.05, 0) is 43.0 Å². The van der Waals surface area contributed by atoms with Crippen molar-refractivity contribution in [2.45, 2.75) is 39.5 Å². The molecule has 4 nitrogen and oxygen atoms in total. The number of nitrogens with one attached hydrogen (secondary N) is 2. The Balaban J connectivity index is 1.71. The Morgan fingerprint density at radius 2 is 2.00 bits per heavy atom. The van der Waals surface area contributed by atoms with Crippen LogP contribution in [0.1, 0.15) is 39.5 Å². The summed E-state index contributed by atoms with van der Waals surface area (Å²) in [6.45, 7) is 6.31. The summed E-state index contributed by atoms with van der Waals surface area (Å²) in [4.78, 5) is 10.2. The molecule has 0 bridgehead atoms. The lowest BCUT2D eigenvalue weighted by Crippen LogP contribution is -2.20. The first kappa shape index (κ1) is 14.6. The summed E-state index contributed by atoms with van der Waals surface area (Å²) in [6.07, 6.45) is 5.41. The molecule has 2 heterocycles. The lowest BCUT2D eigenvalue weighted by molar-refractivity contribution is 0.300. The van der Waals surface area contributed by atoms with Gasteiger partial charge >= 0.3 is 0 Å². The first-order chi connectivity index (χ1) is 10.3. The van der Waals surface area contributed by atoms with Gasteiger partial charge < -0.3 is 10.6 Å². The summed E-state index contributed by atoms with van der Waals surface area (Å²) in [5.41, 5.74) is 0. The van der Waals surface area contributed by atoms with E-state index < -0.39 is 0 Å². The van der Waals surface area contributed by atoms with Gasteiger partial charge in [0.25, 0.3) is 0 Å². The van der Waals surface area contributed by atoms with Crippen LogP contribution in [0.2, 0.25) is 0 Å². The van der Waals surface area contributed by atoms with E-state index in [1.807, 2.05) is 0 Å². The van der Waals surface area contributed by atoms with Gasteiger partial charge in [-0.3, -0.25) is 0 Å². The van der Waals surface area contributed by atoms with E-state index in [9.17, 15) is 0 Å². The Kier molecular flexibility index (Phi) is 4.58. The van der Waals surface area contributed by atoms with Crippen LogP contribution in [-0.2, 0) is 0 Å². The summed E-state index contributed by atoms with van der Waals surface area (Å²) >= 11 is 1.67. The average molecular weight is 304 g/mol. The molecule has 0 unspecified atom stereocenters. The fourth-order valence-corrected chi connectivity index (χ4v) is 3.77. The number of hydrogen-bond donors (Lipinski definition) is 2. The Morgan fingerprint density at radius 3 is 2.76 bits per heavy atom. The van der Waals surface area contributed by atoms with Crippen molar-refractivity contribution in [2.75, 3.05) is 23.7 Å². The molecule has 2 aromatic heterocycles. The highest BCUT2D eigenvalue weighted by molar-refractivity contribution is 7.16. The molecule has 3 rings (SSSR count). The van der Waals surface area contributed by atoms with Gasteiger partial charge in [-0.15, -0.1) is 11.3 Å². The van der Waals surface area contributed by atoms with Crippen molar-refractivity contribution < 1.29 is 0 Å². The second-order valence-corrected chi connectivity index (χ2v) is 6.97. The standard InChI is InChI=1S/C16H24N4S/c1-3-17-16-19-14(13-8-9-21-15(13)20-16)18-10-12-6-4-11(2)5-7-12/h8-9,11-12H,3-7,10H2,1-2H3,(H2,17,18,19,20). The molecule has 0 atom stereocenters. The van der Waals surface area contributed by atoms with Crippen LogP contribution in [0.4, 0.5) is 11.8 Å². The van der Waals surface area contributed by atoms with Gasteiger partial charge in [0.2, 0.25) is 5.95 Å². The van der Waals surface area contributed by atoms with E-state index in [1.165, 1.54) is 25.7 Å². The first-order valence-corrected chi connectivity index (χ1v) is 8.87. The first-order valence-electron chi connectivity index (χ1n) is 7.99. The van der Waals surface area contributed by atoms with Crippen LogP contribution in [0, 0.1) is 11.8 Å². The smallest absolute Gasteiger partial charge is 0.226 e. The van der Waals surface area contributed by atoms with Crippen LogP contribution >= 0.6 is 11.3 Å². The number of aromatic nitrogens is 2. The van der Waals surface area contributed by atoms with Crippen LogP contribution in [0.15, 0.2) is 11.4 Å². The Morgan fingerprint density at radius 1 is 1.19 bits per heavy atom. The Bertz CT molecular complexity index is 587. The predicted molar refractivity (Wildman–Crippen MR) is 91.2 cm³/mol. The van der Waals surface area contributed by atoms with Crippen molar-refractivity contribution in [3.05, 3.63) is 11.4 Å². The van der Waals surface area contributed by atoms with E-state index in [0.717, 1.165) is 46.9 Å². The van der Waals surface area contributed by atoms with Crippen molar-refractivity contribution in [1.29, 1.82) is 0 Å². The van der Waals surface area contributed by atoms with Gasteiger partial charge in [0.15, 0.2) is 0 Å². The predicted octanol–water partition coefficient (Wildman–Crippen LogP) is 4.36. The van der Waals surface area contributed by atoms with Crippen LogP contribution in [-0.4, -0.2) is 23.1 Å². The highest BCUT2D eigenvalue weighted by Gasteiger charge is 2.18. The summed E-state index contributed by atoms with van der Waals surface area (Å²) < 4.78 is 0. The lowest BCUT2D eigenvalue weighted by atomic mass is 9.83. The summed E-state index contributed by atoms with van der Waals surface area (Å²) in [5.74, 6) is 3.40. The minimum absolute atomic E-state index is 0.729. The van der Waals surface area contributed by atoms with Gasteiger partial charge in [-0.25, -0.2) is 4.98 Å². The van der Waals surface area contributed by atoms with Gasteiger partial charge in [-0.1, -0.05) is 19.8 Å². The van der Waals surface area contributed by atoms with Gasteiger partial charge in [-0.2, -0.15) is 4.98 Å². The molecule has 1 aliphatic carbocycles. The van der Waals surface area contributed by atoms with E-state index in [4.69, 9.17) is 0 Å².